The summed E-state index contributed by atoms with van der Waals surface area (Å²) in [6.45, 7) is 7.73. The molecule has 0 aromatic heterocycles. The van der Waals surface area contributed by atoms with Gasteiger partial charge in [-0.15, -0.1) is 0 Å². The molecular formula is C23H32N2O5S. The zero-order valence-electron chi connectivity index (χ0n) is 18.9. The molecule has 0 saturated carbocycles. The number of rotatable bonds is 10. The van der Waals surface area contributed by atoms with Gasteiger partial charge >= 0.3 is 0 Å². The third-order valence-corrected chi connectivity index (χ3v) is 6.14. The highest BCUT2D eigenvalue weighted by molar-refractivity contribution is 7.89. The van der Waals surface area contributed by atoms with E-state index in [4.69, 9.17) is 9.47 Å². The van der Waals surface area contributed by atoms with Crippen LogP contribution in [-0.4, -0.2) is 34.6 Å². The molecule has 2 N–H and O–H groups in total. The van der Waals surface area contributed by atoms with Gasteiger partial charge in [0, 0.05) is 12.1 Å². The molecule has 0 aliphatic heterocycles. The van der Waals surface area contributed by atoms with Crippen LogP contribution in [0.5, 0.6) is 11.5 Å². The number of sulfonamides is 1. The molecule has 7 nitrogen and oxygen atoms in total. The number of benzene rings is 2. The average molecular weight is 449 g/mol. The van der Waals surface area contributed by atoms with Gasteiger partial charge in [-0.1, -0.05) is 26.0 Å². The molecular weight excluding hydrogens is 416 g/mol. The van der Waals surface area contributed by atoms with E-state index >= 15 is 0 Å². The van der Waals surface area contributed by atoms with E-state index in [2.05, 4.69) is 10.0 Å². The van der Waals surface area contributed by atoms with Gasteiger partial charge in [-0.25, -0.2) is 13.1 Å². The number of hydrogen-bond donors (Lipinski definition) is 2. The lowest BCUT2D eigenvalue weighted by molar-refractivity contribution is 0.0940. The number of carbonyl (C=O) groups excluding carboxylic acids is 1. The predicted molar refractivity (Wildman–Crippen MR) is 121 cm³/mol. The topological polar surface area (TPSA) is 93.7 Å². The maximum atomic E-state index is 13.2. The summed E-state index contributed by atoms with van der Waals surface area (Å²) in [5.74, 6) is 0.882. The Balaban J connectivity index is 2.39. The van der Waals surface area contributed by atoms with Crippen molar-refractivity contribution in [2.45, 2.75) is 51.1 Å². The van der Waals surface area contributed by atoms with Gasteiger partial charge in [-0.3, -0.25) is 4.79 Å². The molecule has 0 saturated heterocycles. The molecule has 2 aromatic rings. The maximum Gasteiger partial charge on any atom is 0.255 e. The number of amides is 1. The molecule has 8 heteroatoms. The molecule has 170 valence electrons. The summed E-state index contributed by atoms with van der Waals surface area (Å²) in [6.07, 6.45) is 0.613. The minimum Gasteiger partial charge on any atom is -0.497 e. The van der Waals surface area contributed by atoms with E-state index in [1.807, 2.05) is 39.8 Å². The van der Waals surface area contributed by atoms with Gasteiger partial charge in [0.25, 0.3) is 5.91 Å². The van der Waals surface area contributed by atoms with Crippen molar-refractivity contribution in [3.05, 3.63) is 53.6 Å². The minimum absolute atomic E-state index is 0.00414. The Morgan fingerprint density at radius 2 is 1.61 bits per heavy atom. The molecule has 0 unspecified atom stereocenters. The third-order valence-electron chi connectivity index (χ3n) is 4.67. The highest BCUT2D eigenvalue weighted by Crippen LogP contribution is 2.28. The van der Waals surface area contributed by atoms with Crippen molar-refractivity contribution in [2.24, 2.45) is 5.92 Å². The number of hydrogen-bond acceptors (Lipinski definition) is 5. The molecule has 1 amide bonds. The van der Waals surface area contributed by atoms with Crippen LogP contribution < -0.4 is 19.5 Å². The van der Waals surface area contributed by atoms with Crippen molar-refractivity contribution < 1.29 is 22.7 Å². The van der Waals surface area contributed by atoms with Crippen LogP contribution in [0.3, 0.4) is 0 Å². The van der Waals surface area contributed by atoms with Crippen molar-refractivity contribution in [3.8, 4) is 11.5 Å². The Morgan fingerprint density at radius 1 is 0.968 bits per heavy atom. The summed E-state index contributed by atoms with van der Waals surface area (Å²) in [5.41, 5.74) is 1.01. The molecule has 0 spiro atoms. The van der Waals surface area contributed by atoms with Crippen LogP contribution in [0.15, 0.2) is 47.4 Å². The maximum absolute atomic E-state index is 13.2. The van der Waals surface area contributed by atoms with Crippen LogP contribution in [0, 0.1) is 5.92 Å². The normalized spacial score (nSPS) is 12.6. The molecule has 0 bridgehead atoms. The lowest BCUT2D eigenvalue weighted by Crippen LogP contribution is -2.32. The zero-order chi connectivity index (χ0) is 23.2. The van der Waals surface area contributed by atoms with E-state index in [9.17, 15) is 13.2 Å². The van der Waals surface area contributed by atoms with Gasteiger partial charge in [-0.05, 0) is 62.1 Å². The first-order valence-corrected chi connectivity index (χ1v) is 11.7. The Morgan fingerprint density at radius 3 is 2.13 bits per heavy atom. The summed E-state index contributed by atoms with van der Waals surface area (Å²) in [4.78, 5) is 12.5. The first-order valence-electron chi connectivity index (χ1n) is 10.2. The molecule has 0 heterocycles. The second-order valence-corrected chi connectivity index (χ2v) is 9.78. The fourth-order valence-electron chi connectivity index (χ4n) is 3.19. The van der Waals surface area contributed by atoms with E-state index in [0.717, 1.165) is 5.56 Å². The Kier molecular flexibility index (Phi) is 8.47. The number of nitrogens with one attached hydrogen (secondary N) is 2. The highest BCUT2D eigenvalue weighted by Gasteiger charge is 2.25. The zero-order valence-corrected chi connectivity index (χ0v) is 19.7. The summed E-state index contributed by atoms with van der Waals surface area (Å²) in [6, 6.07) is 11.1. The Hall–Kier alpha value is -2.58. The minimum atomic E-state index is -3.90. The number of methoxy groups -OCH3 is 2. The van der Waals surface area contributed by atoms with E-state index < -0.39 is 22.0 Å². The summed E-state index contributed by atoms with van der Waals surface area (Å²) < 4.78 is 39.7. The fraction of sp³-hybridized carbons (Fsp3) is 0.435. The van der Waals surface area contributed by atoms with Crippen molar-refractivity contribution in [3.63, 3.8) is 0 Å². The molecule has 31 heavy (non-hydrogen) atoms. The van der Waals surface area contributed by atoms with Crippen LogP contribution in [0.4, 0.5) is 0 Å². The van der Waals surface area contributed by atoms with Gasteiger partial charge in [0.05, 0.1) is 24.7 Å². The quantitative estimate of drug-likeness (QED) is 0.575. The SMILES string of the molecule is COc1ccc([C@@H](CC(C)C)NS(=O)(=O)c2ccc(OC)c(C(=O)NC(C)C)c2)cc1. The summed E-state index contributed by atoms with van der Waals surface area (Å²) >= 11 is 0. The smallest absolute Gasteiger partial charge is 0.255 e. The second-order valence-electron chi connectivity index (χ2n) is 8.07. The van der Waals surface area contributed by atoms with E-state index in [0.29, 0.717) is 17.9 Å². The van der Waals surface area contributed by atoms with Crippen LogP contribution in [0.25, 0.3) is 0 Å². The molecule has 0 aliphatic rings. The van der Waals surface area contributed by atoms with Crippen LogP contribution in [0.2, 0.25) is 0 Å². The fourth-order valence-corrected chi connectivity index (χ4v) is 4.45. The first-order chi connectivity index (χ1) is 14.6. The lowest BCUT2D eigenvalue weighted by atomic mass is 9.98. The summed E-state index contributed by atoms with van der Waals surface area (Å²) in [7, 11) is -0.871. The van der Waals surface area contributed by atoms with E-state index in [1.165, 1.54) is 25.3 Å². The van der Waals surface area contributed by atoms with Crippen LogP contribution >= 0.6 is 0 Å². The van der Waals surface area contributed by atoms with Gasteiger partial charge in [0.2, 0.25) is 10.0 Å². The molecule has 2 aromatic carbocycles. The standard InChI is InChI=1S/C23H32N2O5S/c1-15(2)13-21(17-7-9-18(29-5)10-8-17)25-31(27,28)19-11-12-22(30-6)20(14-19)23(26)24-16(3)4/h7-12,14-16,21,25H,13H2,1-6H3,(H,24,26)/t21-/m1/s1. The lowest BCUT2D eigenvalue weighted by Gasteiger charge is -2.22. The van der Waals surface area contributed by atoms with Crippen LogP contribution in [0.1, 0.15) is 56.1 Å². The van der Waals surface area contributed by atoms with Crippen molar-refractivity contribution in [2.75, 3.05) is 14.2 Å². The Labute approximate surface area is 185 Å². The molecule has 0 fully saturated rings. The van der Waals surface area contributed by atoms with Gasteiger partial charge in [0.1, 0.15) is 11.5 Å². The predicted octanol–water partition coefficient (Wildman–Crippen LogP) is 3.91. The van der Waals surface area contributed by atoms with Crippen molar-refractivity contribution in [1.82, 2.24) is 10.0 Å². The summed E-state index contributed by atoms with van der Waals surface area (Å²) in [5, 5.41) is 2.77. The largest absolute Gasteiger partial charge is 0.497 e. The van der Waals surface area contributed by atoms with E-state index in [1.54, 1.807) is 19.2 Å². The van der Waals surface area contributed by atoms with Gasteiger partial charge in [0.15, 0.2) is 0 Å². The Bertz CT molecular complexity index is 986. The average Bonchev–Trinajstić information content (AvgIpc) is 2.71. The highest BCUT2D eigenvalue weighted by atomic mass is 32.2. The van der Waals surface area contributed by atoms with Crippen molar-refractivity contribution >= 4 is 15.9 Å². The van der Waals surface area contributed by atoms with Gasteiger partial charge < -0.3 is 14.8 Å². The molecule has 0 radical (unpaired) electrons. The molecule has 0 aliphatic carbocycles. The van der Waals surface area contributed by atoms with E-state index in [-0.39, 0.29) is 22.4 Å². The van der Waals surface area contributed by atoms with Crippen molar-refractivity contribution in [1.29, 1.82) is 0 Å². The van der Waals surface area contributed by atoms with Gasteiger partial charge in [-0.2, -0.15) is 0 Å². The number of ether oxygens (including phenoxy) is 2. The number of carbonyl (C=O) groups is 1. The molecule has 2 rings (SSSR count). The third kappa shape index (κ3) is 6.70. The van der Waals surface area contributed by atoms with Crippen LogP contribution in [-0.2, 0) is 10.0 Å². The first kappa shape index (κ1) is 24.7. The molecule has 1 atom stereocenters. The monoisotopic (exact) mass is 448 g/mol. The second kappa shape index (κ2) is 10.6.